The van der Waals surface area contributed by atoms with Crippen molar-refractivity contribution in [1.82, 2.24) is 4.90 Å². The van der Waals surface area contributed by atoms with Gasteiger partial charge in [-0.25, -0.2) is 4.39 Å². The highest BCUT2D eigenvalue weighted by atomic mass is 19.1. The molecule has 4 heteroatoms. The van der Waals surface area contributed by atoms with Crippen LogP contribution in [0.3, 0.4) is 0 Å². The molecule has 0 saturated heterocycles. The third-order valence-electron chi connectivity index (χ3n) is 3.35. The first-order valence-corrected chi connectivity index (χ1v) is 6.53. The molecule has 0 bridgehead atoms. The topological polar surface area (TPSA) is 36.3 Å². The number of halogens is 1. The van der Waals surface area contributed by atoms with Gasteiger partial charge < -0.3 is 4.74 Å². The molecule has 0 amide bonds. The first-order valence-electron chi connectivity index (χ1n) is 6.53. The summed E-state index contributed by atoms with van der Waals surface area (Å²) in [5.41, 5.74) is 1.06. The van der Waals surface area contributed by atoms with Gasteiger partial charge in [-0.15, -0.1) is 0 Å². The summed E-state index contributed by atoms with van der Waals surface area (Å²) < 4.78 is 18.9. The Balaban J connectivity index is 2.86. The van der Waals surface area contributed by atoms with E-state index in [1.165, 1.54) is 12.1 Å². The summed E-state index contributed by atoms with van der Waals surface area (Å²) >= 11 is 0. The average Bonchev–Trinajstić information content (AvgIpc) is 2.44. The smallest absolute Gasteiger partial charge is 0.127 e. The van der Waals surface area contributed by atoms with Crippen molar-refractivity contribution in [2.45, 2.75) is 32.9 Å². The maximum absolute atomic E-state index is 13.8. The van der Waals surface area contributed by atoms with Gasteiger partial charge in [-0.3, -0.25) is 4.90 Å². The van der Waals surface area contributed by atoms with E-state index in [1.807, 2.05) is 6.07 Å². The first-order chi connectivity index (χ1) is 9.12. The minimum Gasteiger partial charge on any atom is -0.383 e. The summed E-state index contributed by atoms with van der Waals surface area (Å²) in [6, 6.07) is 6.88. The van der Waals surface area contributed by atoms with Gasteiger partial charge in [-0.05, 0) is 31.5 Å². The molecule has 0 aliphatic carbocycles. The maximum Gasteiger partial charge on any atom is 0.127 e. The zero-order valence-electron chi connectivity index (χ0n) is 11.8. The number of rotatable bonds is 7. The van der Waals surface area contributed by atoms with E-state index in [4.69, 9.17) is 10.00 Å². The fraction of sp³-hybridized carbons (Fsp3) is 0.533. The van der Waals surface area contributed by atoms with Crippen molar-refractivity contribution in [3.63, 3.8) is 0 Å². The van der Waals surface area contributed by atoms with Crippen LogP contribution in [0.25, 0.3) is 0 Å². The fourth-order valence-corrected chi connectivity index (χ4v) is 1.91. The van der Waals surface area contributed by atoms with Crippen molar-refractivity contribution < 1.29 is 9.13 Å². The molecule has 1 aromatic rings. The number of nitrogens with zero attached hydrogens (tertiary/aromatic N) is 2. The Morgan fingerprint density at radius 2 is 2.21 bits per heavy atom. The van der Waals surface area contributed by atoms with Gasteiger partial charge in [0.1, 0.15) is 5.82 Å². The molecule has 0 N–H and O–H groups in total. The molecule has 19 heavy (non-hydrogen) atoms. The molecule has 0 spiro atoms. The monoisotopic (exact) mass is 264 g/mol. The fourth-order valence-electron chi connectivity index (χ4n) is 1.91. The van der Waals surface area contributed by atoms with E-state index in [-0.39, 0.29) is 5.82 Å². The van der Waals surface area contributed by atoms with Gasteiger partial charge >= 0.3 is 0 Å². The van der Waals surface area contributed by atoms with Gasteiger partial charge in [0, 0.05) is 31.8 Å². The van der Waals surface area contributed by atoms with Crippen molar-refractivity contribution in [1.29, 1.82) is 5.26 Å². The van der Waals surface area contributed by atoms with E-state index in [1.54, 1.807) is 13.2 Å². The van der Waals surface area contributed by atoms with Gasteiger partial charge in [0.05, 0.1) is 18.2 Å². The summed E-state index contributed by atoms with van der Waals surface area (Å²) in [5, 5.41) is 8.88. The molecule has 0 heterocycles. The number of hydrogen-bond donors (Lipinski definition) is 0. The minimum absolute atomic E-state index is 0.260. The quantitative estimate of drug-likeness (QED) is 0.759. The Kier molecular flexibility index (Phi) is 6.48. The van der Waals surface area contributed by atoms with E-state index in [0.717, 1.165) is 13.0 Å². The lowest BCUT2D eigenvalue weighted by Crippen LogP contribution is -2.35. The highest BCUT2D eigenvalue weighted by molar-refractivity contribution is 5.33. The van der Waals surface area contributed by atoms with Crippen LogP contribution in [-0.2, 0) is 11.3 Å². The highest BCUT2D eigenvalue weighted by Gasteiger charge is 2.15. The number of ether oxygens (including phenoxy) is 1. The molecule has 0 saturated carbocycles. The Morgan fingerprint density at radius 1 is 1.47 bits per heavy atom. The van der Waals surface area contributed by atoms with E-state index < -0.39 is 0 Å². The molecule has 0 aromatic heterocycles. The summed E-state index contributed by atoms with van der Waals surface area (Å²) in [6.07, 6.45) is 0.989. The molecular formula is C15H21FN2O. The van der Waals surface area contributed by atoms with Crippen LogP contribution in [0.15, 0.2) is 18.2 Å². The normalized spacial score (nSPS) is 12.4. The molecule has 1 atom stereocenters. The average molecular weight is 264 g/mol. The predicted octanol–water partition coefficient (Wildman–Crippen LogP) is 2.94. The van der Waals surface area contributed by atoms with Crippen LogP contribution in [0.5, 0.6) is 0 Å². The summed E-state index contributed by atoms with van der Waals surface area (Å²) in [4.78, 5) is 2.17. The van der Waals surface area contributed by atoms with Gasteiger partial charge in [-0.2, -0.15) is 5.26 Å². The Morgan fingerprint density at radius 3 is 2.79 bits per heavy atom. The van der Waals surface area contributed by atoms with E-state index in [2.05, 4.69) is 18.7 Å². The highest BCUT2D eigenvalue weighted by Crippen LogP contribution is 2.15. The van der Waals surface area contributed by atoms with Crippen LogP contribution in [-0.4, -0.2) is 31.2 Å². The molecule has 0 fully saturated rings. The van der Waals surface area contributed by atoms with Crippen LogP contribution >= 0.6 is 0 Å². The van der Waals surface area contributed by atoms with Crippen molar-refractivity contribution >= 4 is 0 Å². The van der Waals surface area contributed by atoms with Crippen molar-refractivity contribution in [3.05, 3.63) is 35.1 Å². The lowest BCUT2D eigenvalue weighted by Gasteiger charge is -2.28. The second-order valence-electron chi connectivity index (χ2n) is 4.64. The van der Waals surface area contributed by atoms with Gasteiger partial charge in [0.25, 0.3) is 0 Å². The van der Waals surface area contributed by atoms with Gasteiger partial charge in [0.2, 0.25) is 0 Å². The van der Waals surface area contributed by atoms with Crippen LogP contribution in [0.2, 0.25) is 0 Å². The van der Waals surface area contributed by atoms with Crippen molar-refractivity contribution in [3.8, 4) is 6.07 Å². The second kappa shape index (κ2) is 7.88. The minimum atomic E-state index is -0.260. The summed E-state index contributed by atoms with van der Waals surface area (Å²) in [6.45, 7) is 6.08. The Hall–Kier alpha value is -1.44. The standard InChI is InChI=1S/C15H21FN2O/c1-4-12(2)18(7-8-19-3)11-14-9-13(10-17)5-6-15(14)16/h5-6,9,12H,4,7-8,11H2,1-3H3. The van der Waals surface area contributed by atoms with Crippen LogP contribution in [0.1, 0.15) is 31.4 Å². The van der Waals surface area contributed by atoms with E-state index >= 15 is 0 Å². The molecule has 1 rings (SSSR count). The second-order valence-corrected chi connectivity index (χ2v) is 4.64. The van der Waals surface area contributed by atoms with Crippen molar-refractivity contribution in [2.24, 2.45) is 0 Å². The predicted molar refractivity (Wildman–Crippen MR) is 73.2 cm³/mol. The molecule has 0 aliphatic rings. The number of methoxy groups -OCH3 is 1. The number of nitriles is 1. The Bertz CT molecular complexity index is 442. The summed E-state index contributed by atoms with van der Waals surface area (Å²) in [7, 11) is 1.66. The van der Waals surface area contributed by atoms with E-state index in [9.17, 15) is 4.39 Å². The summed E-state index contributed by atoms with van der Waals surface area (Å²) in [5.74, 6) is -0.260. The molecule has 1 aromatic carbocycles. The van der Waals surface area contributed by atoms with Crippen LogP contribution < -0.4 is 0 Å². The first kappa shape index (κ1) is 15.6. The molecule has 0 aliphatic heterocycles. The largest absolute Gasteiger partial charge is 0.383 e. The maximum atomic E-state index is 13.8. The molecular weight excluding hydrogens is 243 g/mol. The third-order valence-corrected chi connectivity index (χ3v) is 3.35. The van der Waals surface area contributed by atoms with Gasteiger partial charge in [-0.1, -0.05) is 6.92 Å². The lowest BCUT2D eigenvalue weighted by atomic mass is 10.1. The zero-order valence-corrected chi connectivity index (χ0v) is 11.8. The molecule has 104 valence electrons. The van der Waals surface area contributed by atoms with Crippen LogP contribution in [0, 0.1) is 17.1 Å². The van der Waals surface area contributed by atoms with E-state index in [0.29, 0.717) is 30.3 Å². The van der Waals surface area contributed by atoms with Crippen molar-refractivity contribution in [2.75, 3.05) is 20.3 Å². The van der Waals surface area contributed by atoms with Gasteiger partial charge in [0.15, 0.2) is 0 Å². The Labute approximate surface area is 114 Å². The van der Waals surface area contributed by atoms with Crippen LogP contribution in [0.4, 0.5) is 4.39 Å². The molecule has 0 radical (unpaired) electrons. The number of hydrogen-bond acceptors (Lipinski definition) is 3. The number of benzene rings is 1. The molecule has 3 nitrogen and oxygen atoms in total. The zero-order chi connectivity index (χ0) is 14.3. The third kappa shape index (κ3) is 4.62. The molecule has 1 unspecified atom stereocenters. The SMILES string of the molecule is CCC(C)N(CCOC)Cc1cc(C#N)ccc1F. The lowest BCUT2D eigenvalue weighted by molar-refractivity contribution is 0.117.